The predicted molar refractivity (Wildman–Crippen MR) is 60.3 cm³/mol. The number of aromatic nitrogens is 2. The van der Waals surface area contributed by atoms with Gasteiger partial charge in [-0.3, -0.25) is 0 Å². The highest BCUT2D eigenvalue weighted by Crippen LogP contribution is 2.29. The topological polar surface area (TPSA) is 28.7 Å². The summed E-state index contributed by atoms with van der Waals surface area (Å²) in [6, 6.07) is 4.05. The molecule has 0 radical (unpaired) electrons. The number of aryl methyl sites for hydroxylation is 1. The highest BCUT2D eigenvalue weighted by molar-refractivity contribution is 9.10. The summed E-state index contributed by atoms with van der Waals surface area (Å²) >= 11 is 5.10. The Bertz CT molecular complexity index is 450. The molecule has 2 rings (SSSR count). The van der Waals surface area contributed by atoms with E-state index < -0.39 is 0 Å². The quantitative estimate of drug-likeness (QED) is 0.626. The molecule has 1 N–H and O–H groups in total. The van der Waals surface area contributed by atoms with Crippen LogP contribution in [-0.2, 0) is 0 Å². The second-order valence-electron chi connectivity index (χ2n) is 2.81. The zero-order chi connectivity index (χ0) is 9.42. The number of nitrogens with zero attached hydrogens (tertiary/aromatic N) is 1. The third-order valence-electron chi connectivity index (χ3n) is 1.96. The van der Waals surface area contributed by atoms with Crippen LogP contribution in [0.15, 0.2) is 21.6 Å². The van der Waals surface area contributed by atoms with E-state index in [1.165, 1.54) is 16.0 Å². The molecule has 2 aromatic heterocycles. The SMILES string of the molecule is CSc1c(C)[nH]c2nc(Br)ccc12. The van der Waals surface area contributed by atoms with Gasteiger partial charge in [-0.1, -0.05) is 0 Å². The van der Waals surface area contributed by atoms with Gasteiger partial charge in [0.25, 0.3) is 0 Å². The highest BCUT2D eigenvalue weighted by atomic mass is 79.9. The molecule has 0 saturated heterocycles. The van der Waals surface area contributed by atoms with Gasteiger partial charge in [-0.25, -0.2) is 4.98 Å². The van der Waals surface area contributed by atoms with E-state index in [4.69, 9.17) is 0 Å². The van der Waals surface area contributed by atoms with Crippen molar-refractivity contribution in [2.24, 2.45) is 0 Å². The van der Waals surface area contributed by atoms with E-state index in [0.717, 1.165) is 10.3 Å². The summed E-state index contributed by atoms with van der Waals surface area (Å²) in [7, 11) is 0. The van der Waals surface area contributed by atoms with Crippen molar-refractivity contribution in [3.05, 3.63) is 22.4 Å². The lowest BCUT2D eigenvalue weighted by atomic mass is 10.3. The Labute approximate surface area is 89.3 Å². The average Bonchev–Trinajstić information content (AvgIpc) is 2.39. The Morgan fingerprint density at radius 1 is 1.46 bits per heavy atom. The van der Waals surface area contributed by atoms with Gasteiger partial charge in [0.1, 0.15) is 10.3 Å². The van der Waals surface area contributed by atoms with Crippen LogP contribution >= 0.6 is 27.7 Å². The van der Waals surface area contributed by atoms with Crippen LogP contribution in [-0.4, -0.2) is 16.2 Å². The smallest absolute Gasteiger partial charge is 0.139 e. The third-order valence-corrected chi connectivity index (χ3v) is 3.33. The Hall–Kier alpha value is -0.480. The van der Waals surface area contributed by atoms with Crippen molar-refractivity contribution in [1.82, 2.24) is 9.97 Å². The molecule has 68 valence electrons. The van der Waals surface area contributed by atoms with E-state index >= 15 is 0 Å². The molecule has 2 aromatic rings. The lowest BCUT2D eigenvalue weighted by Gasteiger charge is -1.93. The fourth-order valence-corrected chi connectivity index (χ4v) is 2.46. The first kappa shape index (κ1) is 9.09. The van der Waals surface area contributed by atoms with Crippen molar-refractivity contribution >= 4 is 38.7 Å². The number of hydrogen-bond acceptors (Lipinski definition) is 2. The molecule has 0 amide bonds. The fourth-order valence-electron chi connectivity index (χ4n) is 1.41. The Morgan fingerprint density at radius 3 is 2.92 bits per heavy atom. The number of hydrogen-bond donors (Lipinski definition) is 1. The van der Waals surface area contributed by atoms with Crippen molar-refractivity contribution in [3.63, 3.8) is 0 Å². The third kappa shape index (κ3) is 1.48. The van der Waals surface area contributed by atoms with Crippen molar-refractivity contribution in [3.8, 4) is 0 Å². The molecule has 4 heteroatoms. The van der Waals surface area contributed by atoms with Gasteiger partial charge in [-0.15, -0.1) is 11.8 Å². The van der Waals surface area contributed by atoms with Crippen LogP contribution in [0.3, 0.4) is 0 Å². The molecule has 2 nitrogen and oxygen atoms in total. The van der Waals surface area contributed by atoms with Gasteiger partial charge >= 0.3 is 0 Å². The molecule has 0 bridgehead atoms. The van der Waals surface area contributed by atoms with Crippen LogP contribution in [0.4, 0.5) is 0 Å². The second kappa shape index (κ2) is 3.35. The number of thioether (sulfide) groups is 1. The van der Waals surface area contributed by atoms with Crippen molar-refractivity contribution < 1.29 is 0 Å². The first-order chi connectivity index (χ1) is 6.22. The zero-order valence-corrected chi connectivity index (χ0v) is 9.79. The number of H-pyrrole nitrogens is 1. The normalized spacial score (nSPS) is 11.0. The Balaban J connectivity index is 2.79. The standard InChI is InChI=1S/C9H9BrN2S/c1-5-8(13-2)6-3-4-7(10)12-9(6)11-5/h3-4H,1-2H3,(H,11,12). The predicted octanol–water partition coefficient (Wildman–Crippen LogP) is 3.36. The summed E-state index contributed by atoms with van der Waals surface area (Å²) < 4.78 is 0.869. The molecular formula is C9H9BrN2S. The van der Waals surface area contributed by atoms with Crippen LogP contribution in [0, 0.1) is 6.92 Å². The maximum Gasteiger partial charge on any atom is 0.139 e. The summed E-state index contributed by atoms with van der Waals surface area (Å²) in [6.07, 6.45) is 2.08. The van der Waals surface area contributed by atoms with E-state index in [9.17, 15) is 0 Å². The van der Waals surface area contributed by atoms with Crippen molar-refractivity contribution in [1.29, 1.82) is 0 Å². The lowest BCUT2D eigenvalue weighted by Crippen LogP contribution is -1.76. The minimum atomic E-state index is 0.869. The zero-order valence-electron chi connectivity index (χ0n) is 7.39. The summed E-state index contributed by atoms with van der Waals surface area (Å²) in [5.74, 6) is 0. The summed E-state index contributed by atoms with van der Waals surface area (Å²) in [5, 5.41) is 1.20. The van der Waals surface area contributed by atoms with Gasteiger partial charge in [0, 0.05) is 16.0 Å². The first-order valence-electron chi connectivity index (χ1n) is 3.91. The minimum absolute atomic E-state index is 0.869. The largest absolute Gasteiger partial charge is 0.342 e. The van der Waals surface area contributed by atoms with E-state index in [2.05, 4.69) is 45.1 Å². The van der Waals surface area contributed by atoms with Crippen LogP contribution in [0.5, 0.6) is 0 Å². The first-order valence-corrected chi connectivity index (χ1v) is 5.93. The average molecular weight is 257 g/mol. The van der Waals surface area contributed by atoms with Crippen molar-refractivity contribution in [2.75, 3.05) is 6.26 Å². The molecule has 0 aliphatic heterocycles. The Morgan fingerprint density at radius 2 is 2.23 bits per heavy atom. The molecule has 0 unspecified atom stereocenters. The number of halogens is 1. The molecular weight excluding hydrogens is 248 g/mol. The molecule has 0 fully saturated rings. The van der Waals surface area contributed by atoms with Gasteiger partial charge in [0.2, 0.25) is 0 Å². The van der Waals surface area contributed by atoms with Crippen LogP contribution in [0.2, 0.25) is 0 Å². The summed E-state index contributed by atoms with van der Waals surface area (Å²) in [4.78, 5) is 8.90. The van der Waals surface area contributed by atoms with Gasteiger partial charge in [0.15, 0.2) is 0 Å². The molecule has 0 aromatic carbocycles. The summed E-state index contributed by atoms with van der Waals surface area (Å²) in [5.41, 5.74) is 2.14. The number of pyridine rings is 1. The number of rotatable bonds is 1. The van der Waals surface area contributed by atoms with E-state index in [0.29, 0.717) is 0 Å². The highest BCUT2D eigenvalue weighted by Gasteiger charge is 2.07. The maximum absolute atomic E-state index is 4.35. The van der Waals surface area contributed by atoms with E-state index in [-0.39, 0.29) is 0 Å². The molecule has 0 saturated carbocycles. The second-order valence-corrected chi connectivity index (χ2v) is 4.44. The maximum atomic E-state index is 4.35. The van der Waals surface area contributed by atoms with Crippen LogP contribution < -0.4 is 0 Å². The molecule has 0 spiro atoms. The summed E-state index contributed by atoms with van der Waals surface area (Å²) in [6.45, 7) is 2.07. The van der Waals surface area contributed by atoms with Crippen LogP contribution in [0.1, 0.15) is 5.69 Å². The van der Waals surface area contributed by atoms with Gasteiger partial charge < -0.3 is 4.98 Å². The monoisotopic (exact) mass is 256 g/mol. The fraction of sp³-hybridized carbons (Fsp3) is 0.222. The van der Waals surface area contributed by atoms with E-state index in [1.807, 2.05) is 6.07 Å². The van der Waals surface area contributed by atoms with Gasteiger partial charge in [-0.2, -0.15) is 0 Å². The van der Waals surface area contributed by atoms with Crippen LogP contribution in [0.25, 0.3) is 11.0 Å². The number of nitrogens with one attached hydrogen (secondary N) is 1. The van der Waals surface area contributed by atoms with E-state index in [1.54, 1.807) is 11.8 Å². The lowest BCUT2D eigenvalue weighted by molar-refractivity contribution is 1.20. The molecule has 2 heterocycles. The molecule has 0 aliphatic rings. The molecule has 0 atom stereocenters. The van der Waals surface area contributed by atoms with Gasteiger partial charge in [-0.05, 0) is 41.2 Å². The molecule has 13 heavy (non-hydrogen) atoms. The minimum Gasteiger partial charge on any atom is -0.342 e. The number of aromatic amines is 1. The molecule has 0 aliphatic carbocycles. The van der Waals surface area contributed by atoms with Gasteiger partial charge in [0.05, 0.1) is 0 Å². The van der Waals surface area contributed by atoms with Crippen molar-refractivity contribution in [2.45, 2.75) is 11.8 Å². The Kier molecular flexibility index (Phi) is 2.34. The number of fused-ring (bicyclic) bond motifs is 1.